The monoisotopic (exact) mass is 256 g/mol. The largest absolute Gasteiger partial charge is 0.378 e. The zero-order valence-corrected chi connectivity index (χ0v) is 10.5. The molecule has 4 nitrogen and oxygen atoms in total. The van der Waals surface area contributed by atoms with Gasteiger partial charge in [0, 0.05) is 13.0 Å². The summed E-state index contributed by atoms with van der Waals surface area (Å²) in [7, 11) is -4.15. The summed E-state index contributed by atoms with van der Waals surface area (Å²) in [6, 6.07) is 4.93. The van der Waals surface area contributed by atoms with Gasteiger partial charge in [0.25, 0.3) is 10.1 Å². The van der Waals surface area contributed by atoms with Gasteiger partial charge in [0.1, 0.15) is 0 Å². The van der Waals surface area contributed by atoms with Gasteiger partial charge in [-0.2, -0.15) is 8.42 Å². The van der Waals surface area contributed by atoms with Crippen molar-refractivity contribution in [3.8, 4) is 0 Å². The molecule has 1 saturated heterocycles. The highest BCUT2D eigenvalue weighted by molar-refractivity contribution is 7.85. The normalized spacial score (nSPS) is 20.7. The molecular formula is C12H16O4S. The molecule has 0 aliphatic carbocycles. The third-order valence-corrected chi connectivity index (χ3v) is 3.92. The van der Waals surface area contributed by atoms with Gasteiger partial charge >= 0.3 is 0 Å². The molecule has 1 aromatic carbocycles. The Morgan fingerprint density at radius 3 is 2.82 bits per heavy atom. The molecule has 0 saturated carbocycles. The van der Waals surface area contributed by atoms with Crippen molar-refractivity contribution in [2.24, 2.45) is 0 Å². The summed E-state index contributed by atoms with van der Waals surface area (Å²) in [5.74, 6) is 0. The Morgan fingerprint density at radius 1 is 1.47 bits per heavy atom. The zero-order chi connectivity index (χ0) is 12.5. The predicted molar refractivity (Wildman–Crippen MR) is 63.7 cm³/mol. The van der Waals surface area contributed by atoms with E-state index < -0.39 is 10.1 Å². The van der Waals surface area contributed by atoms with Crippen LogP contribution in [0.4, 0.5) is 0 Å². The van der Waals surface area contributed by atoms with E-state index in [2.05, 4.69) is 0 Å². The second kappa shape index (κ2) is 4.76. The highest BCUT2D eigenvalue weighted by Crippen LogP contribution is 2.23. The number of aryl methyl sites for hydroxylation is 1. The Balaban J connectivity index is 2.33. The van der Waals surface area contributed by atoms with Gasteiger partial charge in [0.15, 0.2) is 0 Å². The maximum atomic E-state index is 11.3. The lowest BCUT2D eigenvalue weighted by Gasteiger charge is -2.12. The Hall–Kier alpha value is -0.910. The molecule has 0 bridgehead atoms. The van der Waals surface area contributed by atoms with Crippen molar-refractivity contribution in [1.82, 2.24) is 0 Å². The van der Waals surface area contributed by atoms with E-state index >= 15 is 0 Å². The minimum Gasteiger partial charge on any atom is -0.378 e. The van der Waals surface area contributed by atoms with E-state index in [1.807, 2.05) is 6.92 Å². The number of hydrogen-bond acceptors (Lipinski definition) is 3. The summed E-state index contributed by atoms with van der Waals surface area (Å²) in [6.07, 6.45) is 2.56. The molecule has 1 unspecified atom stereocenters. The maximum Gasteiger partial charge on any atom is 0.294 e. The highest BCUT2D eigenvalue weighted by Gasteiger charge is 2.21. The van der Waals surface area contributed by atoms with Gasteiger partial charge in [-0.3, -0.25) is 4.55 Å². The molecule has 0 amide bonds. The SMILES string of the molecule is Cc1ccc(S(=O)(=O)O)c(CC2CCCO2)c1. The molecule has 1 atom stereocenters. The van der Waals surface area contributed by atoms with Gasteiger partial charge in [-0.25, -0.2) is 0 Å². The van der Waals surface area contributed by atoms with Crippen molar-refractivity contribution in [1.29, 1.82) is 0 Å². The van der Waals surface area contributed by atoms with Crippen molar-refractivity contribution in [3.63, 3.8) is 0 Å². The topological polar surface area (TPSA) is 63.6 Å². The van der Waals surface area contributed by atoms with Gasteiger partial charge in [-0.05, 0) is 31.4 Å². The smallest absolute Gasteiger partial charge is 0.294 e. The lowest BCUT2D eigenvalue weighted by molar-refractivity contribution is 0.111. The molecule has 17 heavy (non-hydrogen) atoms. The number of rotatable bonds is 3. The van der Waals surface area contributed by atoms with Crippen LogP contribution >= 0.6 is 0 Å². The fraction of sp³-hybridized carbons (Fsp3) is 0.500. The van der Waals surface area contributed by atoms with Gasteiger partial charge in [-0.1, -0.05) is 17.7 Å². The Bertz CT molecular complexity index is 501. The Morgan fingerprint density at radius 2 is 2.24 bits per heavy atom. The van der Waals surface area contributed by atoms with Crippen LogP contribution in [0, 0.1) is 6.92 Å². The number of ether oxygens (including phenoxy) is 1. The molecule has 1 heterocycles. The summed E-state index contributed by atoms with van der Waals surface area (Å²) >= 11 is 0. The molecule has 1 aromatic rings. The molecule has 5 heteroatoms. The van der Waals surface area contributed by atoms with Crippen molar-refractivity contribution in [2.45, 2.75) is 37.2 Å². The second-order valence-corrected chi connectivity index (χ2v) is 5.82. The van der Waals surface area contributed by atoms with Gasteiger partial charge in [0.2, 0.25) is 0 Å². The van der Waals surface area contributed by atoms with E-state index in [-0.39, 0.29) is 11.0 Å². The summed E-state index contributed by atoms with van der Waals surface area (Å²) in [6.45, 7) is 2.63. The molecule has 1 aliphatic heterocycles. The fourth-order valence-electron chi connectivity index (χ4n) is 2.17. The van der Waals surface area contributed by atoms with E-state index in [1.165, 1.54) is 6.07 Å². The van der Waals surface area contributed by atoms with Crippen LogP contribution in [-0.4, -0.2) is 25.7 Å². The van der Waals surface area contributed by atoms with Crippen LogP contribution in [0.5, 0.6) is 0 Å². The third-order valence-electron chi connectivity index (χ3n) is 2.97. The first-order chi connectivity index (χ1) is 7.97. The van der Waals surface area contributed by atoms with E-state index in [0.29, 0.717) is 12.0 Å². The van der Waals surface area contributed by atoms with E-state index in [1.54, 1.807) is 12.1 Å². The van der Waals surface area contributed by atoms with E-state index in [4.69, 9.17) is 9.29 Å². The molecule has 0 spiro atoms. The van der Waals surface area contributed by atoms with Crippen molar-refractivity contribution >= 4 is 10.1 Å². The summed E-state index contributed by atoms with van der Waals surface area (Å²) < 4.78 is 37.2. The quantitative estimate of drug-likeness (QED) is 0.840. The standard InChI is InChI=1S/C12H16O4S/c1-9-4-5-12(17(13,14)15)10(7-9)8-11-3-2-6-16-11/h4-5,7,11H,2-3,6,8H2,1H3,(H,13,14,15). The first-order valence-corrected chi connectivity index (χ1v) is 7.09. The third kappa shape index (κ3) is 3.06. The minimum atomic E-state index is -4.15. The summed E-state index contributed by atoms with van der Waals surface area (Å²) in [5, 5.41) is 0. The molecular weight excluding hydrogens is 240 g/mol. The molecule has 1 fully saturated rings. The molecule has 94 valence electrons. The predicted octanol–water partition coefficient (Wildman–Crippen LogP) is 1.96. The Labute approximate surface area is 101 Å². The van der Waals surface area contributed by atoms with Gasteiger partial charge in [0.05, 0.1) is 11.0 Å². The zero-order valence-electron chi connectivity index (χ0n) is 9.72. The summed E-state index contributed by atoms with van der Waals surface area (Å²) in [4.78, 5) is -0.00130. The minimum absolute atomic E-state index is 0.00130. The lowest BCUT2D eigenvalue weighted by atomic mass is 10.0. The van der Waals surface area contributed by atoms with Crippen LogP contribution in [0.15, 0.2) is 23.1 Å². The Kier molecular flexibility index (Phi) is 3.51. The lowest BCUT2D eigenvalue weighted by Crippen LogP contribution is -2.12. The van der Waals surface area contributed by atoms with Crippen LogP contribution in [0.3, 0.4) is 0 Å². The first kappa shape index (κ1) is 12.5. The second-order valence-electron chi connectivity index (χ2n) is 4.43. The highest BCUT2D eigenvalue weighted by atomic mass is 32.2. The fourth-order valence-corrected chi connectivity index (χ4v) is 2.88. The van der Waals surface area contributed by atoms with Crippen LogP contribution in [-0.2, 0) is 21.3 Å². The van der Waals surface area contributed by atoms with E-state index in [9.17, 15) is 8.42 Å². The molecule has 1 N–H and O–H groups in total. The maximum absolute atomic E-state index is 11.3. The molecule has 2 rings (SSSR count). The van der Waals surface area contributed by atoms with Gasteiger partial charge in [-0.15, -0.1) is 0 Å². The molecule has 0 radical (unpaired) electrons. The van der Waals surface area contributed by atoms with Crippen LogP contribution in [0.25, 0.3) is 0 Å². The van der Waals surface area contributed by atoms with E-state index in [0.717, 1.165) is 25.0 Å². The van der Waals surface area contributed by atoms with Gasteiger partial charge < -0.3 is 4.74 Å². The number of benzene rings is 1. The van der Waals surface area contributed by atoms with Crippen LogP contribution < -0.4 is 0 Å². The molecule has 0 aromatic heterocycles. The van der Waals surface area contributed by atoms with Crippen molar-refractivity contribution in [2.75, 3.05) is 6.61 Å². The van der Waals surface area contributed by atoms with Crippen LogP contribution in [0.2, 0.25) is 0 Å². The summed E-state index contributed by atoms with van der Waals surface area (Å²) in [5.41, 5.74) is 1.62. The average molecular weight is 256 g/mol. The van der Waals surface area contributed by atoms with Crippen LogP contribution in [0.1, 0.15) is 24.0 Å². The first-order valence-electron chi connectivity index (χ1n) is 5.65. The van der Waals surface area contributed by atoms with Crippen molar-refractivity contribution < 1.29 is 17.7 Å². The number of hydrogen-bond donors (Lipinski definition) is 1. The molecule has 1 aliphatic rings. The average Bonchev–Trinajstić information content (AvgIpc) is 2.68. The van der Waals surface area contributed by atoms with Crippen molar-refractivity contribution in [3.05, 3.63) is 29.3 Å².